The van der Waals surface area contributed by atoms with E-state index in [0.29, 0.717) is 0 Å². The van der Waals surface area contributed by atoms with E-state index in [1.165, 1.54) is 5.56 Å². The van der Waals surface area contributed by atoms with Gasteiger partial charge in [0.15, 0.2) is 0 Å². The molecular formula is C16H34Si4. The summed E-state index contributed by atoms with van der Waals surface area (Å²) in [4.78, 5) is 0. The van der Waals surface area contributed by atoms with E-state index in [1.54, 1.807) is 5.19 Å². The van der Waals surface area contributed by atoms with Gasteiger partial charge in [-0.25, -0.2) is 0 Å². The van der Waals surface area contributed by atoms with Gasteiger partial charge in [0.2, 0.25) is 0 Å². The smallest absolute Gasteiger partial charge is 0.0685 e. The van der Waals surface area contributed by atoms with Crippen molar-refractivity contribution in [1.29, 1.82) is 0 Å². The molecule has 0 aliphatic heterocycles. The monoisotopic (exact) mass is 338 g/mol. The third kappa shape index (κ3) is 2.84. The minimum atomic E-state index is -1.38. The van der Waals surface area contributed by atoms with Crippen LogP contribution in [-0.2, 0) is 0 Å². The Hall–Kier alpha value is 0.0875. The van der Waals surface area contributed by atoms with Crippen molar-refractivity contribution in [3.8, 4) is 0 Å². The van der Waals surface area contributed by atoms with Crippen molar-refractivity contribution in [2.24, 2.45) is 0 Å². The lowest BCUT2D eigenvalue weighted by atomic mass is 10.2. The van der Waals surface area contributed by atoms with Crippen molar-refractivity contribution in [1.82, 2.24) is 0 Å². The largest absolute Gasteiger partial charge is 0.0716 e. The normalized spacial score (nSPS) is 14.5. The van der Waals surface area contributed by atoms with Crippen LogP contribution in [0.1, 0.15) is 5.56 Å². The molecule has 1 aromatic carbocycles. The molecule has 0 atom stereocenters. The maximum atomic E-state index is 2.66. The summed E-state index contributed by atoms with van der Waals surface area (Å²) < 4.78 is 0. The fourth-order valence-corrected chi connectivity index (χ4v) is 106. The molecule has 0 heterocycles. The molecule has 0 nitrogen and oxygen atoms in total. The van der Waals surface area contributed by atoms with Crippen LogP contribution in [0.15, 0.2) is 24.3 Å². The fourth-order valence-electron chi connectivity index (χ4n) is 5.48. The van der Waals surface area contributed by atoms with Gasteiger partial charge in [-0.2, -0.15) is 0 Å². The minimum absolute atomic E-state index is 1.20. The number of benzene rings is 1. The molecule has 0 radical (unpaired) electrons. The van der Waals surface area contributed by atoms with Gasteiger partial charge < -0.3 is 0 Å². The van der Waals surface area contributed by atoms with Gasteiger partial charge in [-0.3, -0.25) is 0 Å². The Morgan fingerprint density at radius 1 is 0.550 bits per heavy atom. The van der Waals surface area contributed by atoms with E-state index in [1.807, 2.05) is 0 Å². The molecule has 114 valence electrons. The molecule has 0 bridgehead atoms. The van der Waals surface area contributed by atoms with Crippen molar-refractivity contribution in [3.05, 3.63) is 29.8 Å². The van der Waals surface area contributed by atoms with Crippen molar-refractivity contribution in [3.63, 3.8) is 0 Å². The topological polar surface area (TPSA) is 0 Å². The molecule has 0 N–H and O–H groups in total. The van der Waals surface area contributed by atoms with Crippen LogP contribution in [0, 0.1) is 6.92 Å². The lowest BCUT2D eigenvalue weighted by Gasteiger charge is -2.57. The highest BCUT2D eigenvalue weighted by atomic mass is 29.9. The second-order valence-corrected chi connectivity index (χ2v) is 49.7. The van der Waals surface area contributed by atoms with E-state index in [9.17, 15) is 0 Å². The van der Waals surface area contributed by atoms with E-state index in [2.05, 4.69) is 90.1 Å². The highest BCUT2D eigenvalue weighted by molar-refractivity contribution is 7.92. The summed E-state index contributed by atoms with van der Waals surface area (Å²) in [7, 11) is -3.61. The maximum Gasteiger partial charge on any atom is 0.0685 e. The van der Waals surface area contributed by atoms with Crippen LogP contribution in [0.4, 0.5) is 0 Å². The second-order valence-electron chi connectivity index (χ2n) is 9.37. The Balaban J connectivity index is 3.77. The zero-order chi connectivity index (χ0) is 16.0. The molecule has 0 amide bonds. The molecule has 1 aromatic rings. The third-order valence-electron chi connectivity index (χ3n) is 4.86. The van der Waals surface area contributed by atoms with Gasteiger partial charge in [0.1, 0.15) is 0 Å². The summed E-state index contributed by atoms with van der Waals surface area (Å²) in [5, 5.41) is 1.79. The predicted molar refractivity (Wildman–Crippen MR) is 107 cm³/mol. The van der Waals surface area contributed by atoms with Crippen molar-refractivity contribution >= 4 is 34.6 Å². The fraction of sp³-hybridized carbons (Fsp3) is 0.625. The molecule has 0 aromatic heterocycles. The molecule has 1 rings (SSSR count). The van der Waals surface area contributed by atoms with Crippen LogP contribution in [-0.4, -0.2) is 29.4 Å². The summed E-state index contributed by atoms with van der Waals surface area (Å²) >= 11 is 0. The lowest BCUT2D eigenvalue weighted by Crippen LogP contribution is -2.88. The Bertz CT molecular complexity index is 419. The first-order valence-corrected chi connectivity index (χ1v) is 23.3. The Morgan fingerprint density at radius 3 is 1.10 bits per heavy atom. The number of rotatable bonds is 4. The molecule has 0 saturated heterocycles. The van der Waals surface area contributed by atoms with Crippen LogP contribution in [0.25, 0.3) is 0 Å². The van der Waals surface area contributed by atoms with E-state index in [-0.39, 0.29) is 0 Å². The van der Waals surface area contributed by atoms with E-state index in [4.69, 9.17) is 0 Å². The molecule has 0 unspecified atom stereocenters. The molecule has 4 heteroatoms. The van der Waals surface area contributed by atoms with Gasteiger partial charge >= 0.3 is 0 Å². The standard InChI is InChI=1S/C16H34Si4/c1-15-11-13-16(14-12-15)20(17(2,3)4,18(5,6)7)19(8,9)10/h11-14H,1-10H3. The predicted octanol–water partition coefficient (Wildman–Crippen LogP) is 4.90. The second kappa shape index (κ2) is 5.37. The first-order chi connectivity index (χ1) is 8.75. The van der Waals surface area contributed by atoms with Gasteiger partial charge in [-0.15, -0.1) is 0 Å². The summed E-state index contributed by atoms with van der Waals surface area (Å²) in [5.74, 6) is 0. The zero-order valence-corrected chi connectivity index (χ0v) is 19.3. The molecule has 0 saturated carbocycles. The average molecular weight is 339 g/mol. The van der Waals surface area contributed by atoms with Crippen LogP contribution in [0.3, 0.4) is 0 Å². The molecule has 20 heavy (non-hydrogen) atoms. The summed E-state index contributed by atoms with van der Waals surface area (Å²) in [6.45, 7) is 24.8. The third-order valence-corrected chi connectivity index (χ3v) is 76.2. The average Bonchev–Trinajstić information content (AvgIpc) is 2.14. The van der Waals surface area contributed by atoms with Crippen molar-refractivity contribution in [2.75, 3.05) is 0 Å². The van der Waals surface area contributed by atoms with Gasteiger partial charge in [0.05, 0.1) is 6.63 Å². The lowest BCUT2D eigenvalue weighted by molar-refractivity contribution is 1.49. The number of hydrogen-bond donors (Lipinski definition) is 0. The minimum Gasteiger partial charge on any atom is -0.0716 e. The summed E-state index contributed by atoms with van der Waals surface area (Å²) in [6.07, 6.45) is 0. The van der Waals surface area contributed by atoms with E-state index >= 15 is 0 Å². The van der Waals surface area contributed by atoms with Crippen LogP contribution >= 0.6 is 0 Å². The van der Waals surface area contributed by atoms with Crippen LogP contribution < -0.4 is 5.19 Å². The molecule has 0 fully saturated rings. The van der Waals surface area contributed by atoms with Gasteiger partial charge in [-0.05, 0) is 6.92 Å². The molecule has 0 aliphatic rings. The van der Waals surface area contributed by atoms with Crippen LogP contribution in [0.5, 0.6) is 0 Å². The summed E-state index contributed by atoms with van der Waals surface area (Å²) in [5.41, 5.74) is 1.40. The quantitative estimate of drug-likeness (QED) is 0.685. The SMILES string of the molecule is Cc1ccc([Si]([Si](C)(C)C)([Si](C)(C)C)[Si](C)(C)C)cc1. The zero-order valence-electron chi connectivity index (χ0n) is 15.3. The Kier molecular flexibility index (Phi) is 4.87. The highest BCUT2D eigenvalue weighted by Gasteiger charge is 2.62. The maximum absolute atomic E-state index is 2.66. The first kappa shape index (κ1) is 18.1. The number of aryl methyl sites for hydroxylation is 1. The molecular weight excluding hydrogens is 305 g/mol. The van der Waals surface area contributed by atoms with E-state index < -0.39 is 29.4 Å². The first-order valence-electron chi connectivity index (χ1n) is 7.82. The van der Waals surface area contributed by atoms with E-state index in [0.717, 1.165) is 0 Å². The van der Waals surface area contributed by atoms with Gasteiger partial charge in [-0.1, -0.05) is 93.9 Å². The van der Waals surface area contributed by atoms with Gasteiger partial charge in [0, 0.05) is 22.8 Å². The molecule has 0 aliphatic carbocycles. The Morgan fingerprint density at radius 2 is 0.850 bits per heavy atom. The number of hydrogen-bond acceptors (Lipinski definition) is 0. The van der Waals surface area contributed by atoms with Gasteiger partial charge in [0.25, 0.3) is 0 Å². The van der Waals surface area contributed by atoms with Crippen molar-refractivity contribution in [2.45, 2.75) is 65.8 Å². The van der Waals surface area contributed by atoms with Crippen molar-refractivity contribution < 1.29 is 0 Å². The molecule has 0 spiro atoms. The highest BCUT2D eigenvalue weighted by Crippen LogP contribution is 2.36. The van der Waals surface area contributed by atoms with Crippen LogP contribution in [0.2, 0.25) is 58.9 Å². The summed E-state index contributed by atoms with van der Waals surface area (Å²) in [6, 6.07) is 9.74. The Labute approximate surface area is 130 Å².